The van der Waals surface area contributed by atoms with Crippen LogP contribution in [0.1, 0.15) is 17.7 Å². The van der Waals surface area contributed by atoms with Crippen LogP contribution in [0.25, 0.3) is 21.8 Å². The van der Waals surface area contributed by atoms with E-state index >= 15 is 0 Å². The normalized spacial score (nSPS) is 11.8. The molecule has 4 N–H and O–H groups in total. The molecule has 0 aliphatic heterocycles. The van der Waals surface area contributed by atoms with Crippen LogP contribution in [0.2, 0.25) is 0 Å². The number of carbonyl (C=O) groups is 1. The number of para-hydroxylation sites is 1. The van der Waals surface area contributed by atoms with Crippen molar-refractivity contribution in [2.75, 3.05) is 0 Å². The SMILES string of the molecule is NS(=O)(=O)c1ccc(CNC(=O)CCc2cc3c(cn2)[nH]c2ccccc23)cc1. The van der Waals surface area contributed by atoms with Crippen LogP contribution in [0.5, 0.6) is 0 Å². The van der Waals surface area contributed by atoms with E-state index in [0.29, 0.717) is 19.4 Å². The van der Waals surface area contributed by atoms with Gasteiger partial charge in [0.1, 0.15) is 0 Å². The molecule has 8 heteroatoms. The average Bonchev–Trinajstić information content (AvgIpc) is 3.08. The highest BCUT2D eigenvalue weighted by Crippen LogP contribution is 2.25. The topological polar surface area (TPSA) is 118 Å². The van der Waals surface area contributed by atoms with Gasteiger partial charge in [0, 0.05) is 34.9 Å². The number of benzene rings is 2. The lowest BCUT2D eigenvalue weighted by molar-refractivity contribution is -0.121. The highest BCUT2D eigenvalue weighted by Gasteiger charge is 2.09. The first-order valence-corrected chi connectivity index (χ1v) is 10.7. The van der Waals surface area contributed by atoms with E-state index in [1.54, 1.807) is 18.3 Å². The molecule has 0 atom stereocenters. The van der Waals surface area contributed by atoms with Crippen LogP contribution in [0.4, 0.5) is 0 Å². The fraction of sp³-hybridized carbons (Fsp3) is 0.143. The molecule has 0 saturated heterocycles. The van der Waals surface area contributed by atoms with Crippen molar-refractivity contribution in [1.82, 2.24) is 15.3 Å². The minimum Gasteiger partial charge on any atom is -0.353 e. The molecule has 0 bridgehead atoms. The molecule has 0 aliphatic rings. The lowest BCUT2D eigenvalue weighted by Crippen LogP contribution is -2.23. The maximum atomic E-state index is 12.2. The summed E-state index contributed by atoms with van der Waals surface area (Å²) in [5.41, 5.74) is 3.69. The van der Waals surface area contributed by atoms with Crippen LogP contribution >= 0.6 is 0 Å². The number of sulfonamides is 1. The van der Waals surface area contributed by atoms with Crippen molar-refractivity contribution in [3.63, 3.8) is 0 Å². The van der Waals surface area contributed by atoms with Crippen LogP contribution in [-0.4, -0.2) is 24.3 Å². The van der Waals surface area contributed by atoms with Crippen LogP contribution in [0.3, 0.4) is 0 Å². The van der Waals surface area contributed by atoms with E-state index in [0.717, 1.165) is 33.1 Å². The zero-order chi connectivity index (χ0) is 20.4. The predicted octanol–water partition coefficient (Wildman–Crippen LogP) is 2.61. The van der Waals surface area contributed by atoms with E-state index in [4.69, 9.17) is 5.14 Å². The molecule has 148 valence electrons. The van der Waals surface area contributed by atoms with Crippen molar-refractivity contribution < 1.29 is 13.2 Å². The quantitative estimate of drug-likeness (QED) is 0.454. The molecule has 0 spiro atoms. The number of hydrogen-bond donors (Lipinski definition) is 3. The Labute approximate surface area is 168 Å². The molecule has 4 aromatic rings. The number of primary sulfonamides is 1. The summed E-state index contributed by atoms with van der Waals surface area (Å²) in [5.74, 6) is -0.0960. The molecule has 0 fully saturated rings. The minimum atomic E-state index is -3.71. The van der Waals surface area contributed by atoms with Crippen molar-refractivity contribution >= 4 is 37.7 Å². The summed E-state index contributed by atoms with van der Waals surface area (Å²) in [6, 6.07) is 16.2. The molecule has 7 nitrogen and oxygen atoms in total. The largest absolute Gasteiger partial charge is 0.353 e. The fourth-order valence-corrected chi connectivity index (χ4v) is 3.77. The molecule has 0 radical (unpaired) electrons. The maximum absolute atomic E-state index is 12.2. The molecular weight excluding hydrogens is 388 g/mol. The third-order valence-corrected chi connectivity index (χ3v) is 5.73. The lowest BCUT2D eigenvalue weighted by Gasteiger charge is -2.06. The number of nitrogens with two attached hydrogens (primary N) is 1. The second kappa shape index (κ2) is 7.65. The molecule has 4 rings (SSSR count). The summed E-state index contributed by atoms with van der Waals surface area (Å²) in [7, 11) is -3.71. The molecule has 0 unspecified atom stereocenters. The maximum Gasteiger partial charge on any atom is 0.238 e. The Kier molecular flexibility index (Phi) is 5.04. The molecule has 29 heavy (non-hydrogen) atoms. The van der Waals surface area contributed by atoms with Gasteiger partial charge in [-0.05, 0) is 36.2 Å². The van der Waals surface area contributed by atoms with Gasteiger partial charge in [-0.3, -0.25) is 9.78 Å². The first-order chi connectivity index (χ1) is 13.9. The number of fused-ring (bicyclic) bond motifs is 3. The number of pyridine rings is 1. The van der Waals surface area contributed by atoms with E-state index in [2.05, 4.69) is 21.4 Å². The number of hydrogen-bond acceptors (Lipinski definition) is 4. The van der Waals surface area contributed by atoms with Gasteiger partial charge >= 0.3 is 0 Å². The van der Waals surface area contributed by atoms with Gasteiger partial charge in [0.25, 0.3) is 0 Å². The van der Waals surface area contributed by atoms with Crippen molar-refractivity contribution in [3.05, 3.63) is 72.1 Å². The van der Waals surface area contributed by atoms with Crippen LogP contribution in [0, 0.1) is 0 Å². The summed E-state index contributed by atoms with van der Waals surface area (Å²) >= 11 is 0. The molecule has 0 aliphatic carbocycles. The molecule has 2 aromatic heterocycles. The Bertz CT molecular complexity index is 1290. The zero-order valence-corrected chi connectivity index (χ0v) is 16.4. The van der Waals surface area contributed by atoms with E-state index in [1.807, 2.05) is 24.3 Å². The number of rotatable bonds is 6. The molecule has 2 heterocycles. The Morgan fingerprint density at radius 1 is 1.03 bits per heavy atom. The third-order valence-electron chi connectivity index (χ3n) is 4.80. The number of aryl methyl sites for hydroxylation is 1. The van der Waals surface area contributed by atoms with E-state index < -0.39 is 10.0 Å². The van der Waals surface area contributed by atoms with Crippen molar-refractivity contribution in [1.29, 1.82) is 0 Å². The van der Waals surface area contributed by atoms with Gasteiger partial charge in [0.2, 0.25) is 15.9 Å². The van der Waals surface area contributed by atoms with Gasteiger partial charge in [-0.25, -0.2) is 13.6 Å². The number of carbonyl (C=O) groups excluding carboxylic acids is 1. The average molecular weight is 408 g/mol. The second-order valence-corrected chi connectivity index (χ2v) is 8.42. The van der Waals surface area contributed by atoms with Gasteiger partial charge < -0.3 is 10.3 Å². The van der Waals surface area contributed by atoms with E-state index in [1.165, 1.54) is 12.1 Å². The van der Waals surface area contributed by atoms with Crippen LogP contribution in [-0.2, 0) is 27.8 Å². The first-order valence-electron chi connectivity index (χ1n) is 9.14. The fourth-order valence-electron chi connectivity index (χ4n) is 3.26. The standard InChI is InChI=1S/C21H20N4O3S/c22-29(27,28)16-8-5-14(6-9-16)12-24-21(26)10-7-15-11-18-17-3-1-2-4-19(17)25-20(18)13-23-15/h1-6,8-9,11,13,25H,7,10,12H2,(H,24,26)(H2,22,27,28). The number of nitrogens with zero attached hydrogens (tertiary/aromatic N) is 1. The van der Waals surface area contributed by atoms with Crippen molar-refractivity contribution in [2.45, 2.75) is 24.3 Å². The number of H-pyrrole nitrogens is 1. The third kappa shape index (κ3) is 4.28. The van der Waals surface area contributed by atoms with Crippen molar-refractivity contribution in [3.8, 4) is 0 Å². The van der Waals surface area contributed by atoms with Gasteiger partial charge in [-0.1, -0.05) is 30.3 Å². The molecule has 1 amide bonds. The summed E-state index contributed by atoms with van der Waals surface area (Å²) in [4.78, 5) is 20.0. The Morgan fingerprint density at radius 2 is 1.79 bits per heavy atom. The smallest absolute Gasteiger partial charge is 0.238 e. The molecular formula is C21H20N4O3S. The Morgan fingerprint density at radius 3 is 2.55 bits per heavy atom. The van der Waals surface area contributed by atoms with Crippen LogP contribution in [0.15, 0.2) is 65.7 Å². The summed E-state index contributed by atoms with van der Waals surface area (Å²) in [6.07, 6.45) is 2.65. The summed E-state index contributed by atoms with van der Waals surface area (Å²) in [6.45, 7) is 0.318. The summed E-state index contributed by atoms with van der Waals surface area (Å²) < 4.78 is 22.5. The summed E-state index contributed by atoms with van der Waals surface area (Å²) in [5, 5.41) is 10.1. The Hall–Kier alpha value is -3.23. The lowest BCUT2D eigenvalue weighted by atomic mass is 10.1. The van der Waals surface area contributed by atoms with E-state index in [-0.39, 0.29) is 10.8 Å². The van der Waals surface area contributed by atoms with Gasteiger partial charge in [-0.15, -0.1) is 0 Å². The first kappa shape index (κ1) is 19.1. The zero-order valence-electron chi connectivity index (χ0n) is 15.6. The molecule has 2 aromatic carbocycles. The number of amides is 1. The van der Waals surface area contributed by atoms with Gasteiger partial charge in [0.05, 0.1) is 16.6 Å². The monoisotopic (exact) mass is 408 g/mol. The van der Waals surface area contributed by atoms with Crippen molar-refractivity contribution in [2.24, 2.45) is 5.14 Å². The number of aromatic nitrogens is 2. The highest BCUT2D eigenvalue weighted by molar-refractivity contribution is 7.89. The predicted molar refractivity (Wildman–Crippen MR) is 112 cm³/mol. The minimum absolute atomic E-state index is 0.0475. The number of aromatic amines is 1. The van der Waals surface area contributed by atoms with E-state index in [9.17, 15) is 13.2 Å². The Balaban J connectivity index is 1.36. The highest BCUT2D eigenvalue weighted by atomic mass is 32.2. The van der Waals surface area contributed by atoms with Gasteiger partial charge in [-0.2, -0.15) is 0 Å². The molecule has 0 saturated carbocycles. The second-order valence-electron chi connectivity index (χ2n) is 6.86. The number of nitrogens with one attached hydrogen (secondary N) is 2. The van der Waals surface area contributed by atoms with Crippen LogP contribution < -0.4 is 10.5 Å². The van der Waals surface area contributed by atoms with Gasteiger partial charge in [0.15, 0.2) is 0 Å².